The van der Waals surface area contributed by atoms with Crippen LogP contribution in [-0.4, -0.2) is 16.3 Å². The zero-order chi connectivity index (χ0) is 15.4. The fraction of sp³-hybridized carbons (Fsp3) is 0.400. The lowest BCUT2D eigenvalue weighted by Gasteiger charge is -2.10. The van der Waals surface area contributed by atoms with Gasteiger partial charge in [0, 0.05) is 29.9 Å². The van der Waals surface area contributed by atoms with E-state index in [0.29, 0.717) is 19.0 Å². The molecule has 2 rings (SSSR count). The van der Waals surface area contributed by atoms with Crippen molar-refractivity contribution in [1.82, 2.24) is 15.1 Å². The summed E-state index contributed by atoms with van der Waals surface area (Å²) in [6, 6.07) is 1.38. The molecule has 3 nitrogen and oxygen atoms in total. The normalized spacial score (nSPS) is 11.1. The third-order valence-electron chi connectivity index (χ3n) is 3.25. The highest BCUT2D eigenvalue weighted by atomic mass is 19.2. The van der Waals surface area contributed by atoms with Gasteiger partial charge in [0.1, 0.15) is 5.69 Å². The Labute approximate surface area is 121 Å². The summed E-state index contributed by atoms with van der Waals surface area (Å²) >= 11 is 0. The summed E-state index contributed by atoms with van der Waals surface area (Å²) in [6.07, 6.45) is 3.25. The minimum Gasteiger partial charge on any atom is -0.313 e. The first-order valence-corrected chi connectivity index (χ1v) is 6.99. The lowest BCUT2D eigenvalue weighted by atomic mass is 10.2. The minimum atomic E-state index is -1.20. The second kappa shape index (κ2) is 6.76. The molecule has 0 unspecified atom stereocenters. The molecule has 0 saturated heterocycles. The van der Waals surface area contributed by atoms with Crippen LogP contribution >= 0.6 is 0 Å². The molecule has 0 atom stereocenters. The van der Waals surface area contributed by atoms with Crippen LogP contribution in [0.25, 0.3) is 5.69 Å². The van der Waals surface area contributed by atoms with E-state index in [1.807, 2.05) is 6.92 Å². The third kappa shape index (κ3) is 3.26. The molecule has 0 bridgehead atoms. The van der Waals surface area contributed by atoms with Crippen molar-refractivity contribution in [2.75, 3.05) is 6.54 Å². The maximum atomic E-state index is 13.9. The van der Waals surface area contributed by atoms with Crippen molar-refractivity contribution >= 4 is 0 Å². The van der Waals surface area contributed by atoms with E-state index in [2.05, 4.69) is 17.3 Å². The molecule has 1 aromatic carbocycles. The molecule has 0 spiro atoms. The zero-order valence-electron chi connectivity index (χ0n) is 12.1. The number of hydrogen-bond donors (Lipinski definition) is 1. The van der Waals surface area contributed by atoms with Crippen LogP contribution in [0.5, 0.6) is 0 Å². The Hall–Kier alpha value is -1.82. The van der Waals surface area contributed by atoms with Crippen LogP contribution < -0.4 is 5.32 Å². The van der Waals surface area contributed by atoms with E-state index in [0.717, 1.165) is 30.3 Å². The van der Waals surface area contributed by atoms with Crippen molar-refractivity contribution in [3.8, 4) is 5.69 Å². The average molecular weight is 297 g/mol. The van der Waals surface area contributed by atoms with Gasteiger partial charge < -0.3 is 5.32 Å². The molecule has 0 amide bonds. The SMILES string of the molecule is CCCNCc1cnn(-c2cc(F)c(F)cc2F)c1CC. The van der Waals surface area contributed by atoms with Crippen LogP contribution in [0.2, 0.25) is 0 Å². The molecule has 0 aliphatic rings. The Kier molecular flexibility index (Phi) is 5.01. The summed E-state index contributed by atoms with van der Waals surface area (Å²) in [7, 11) is 0. The maximum Gasteiger partial charge on any atom is 0.161 e. The van der Waals surface area contributed by atoms with Crippen molar-refractivity contribution in [3.63, 3.8) is 0 Å². The van der Waals surface area contributed by atoms with Gasteiger partial charge in [0.25, 0.3) is 0 Å². The molecule has 0 fully saturated rings. The predicted octanol–water partition coefficient (Wildman–Crippen LogP) is 3.35. The van der Waals surface area contributed by atoms with Gasteiger partial charge in [-0.15, -0.1) is 0 Å². The number of aromatic nitrogens is 2. The van der Waals surface area contributed by atoms with Crippen LogP contribution in [0.1, 0.15) is 31.5 Å². The fourth-order valence-electron chi connectivity index (χ4n) is 2.21. The highest BCUT2D eigenvalue weighted by molar-refractivity contribution is 5.37. The molecular weight excluding hydrogens is 279 g/mol. The number of rotatable bonds is 6. The van der Waals surface area contributed by atoms with Gasteiger partial charge >= 0.3 is 0 Å². The summed E-state index contributed by atoms with van der Waals surface area (Å²) in [5, 5.41) is 7.36. The van der Waals surface area contributed by atoms with Crippen LogP contribution in [0.3, 0.4) is 0 Å². The molecule has 1 heterocycles. The quantitative estimate of drug-likeness (QED) is 0.654. The zero-order valence-corrected chi connectivity index (χ0v) is 12.1. The van der Waals surface area contributed by atoms with Gasteiger partial charge in [-0.2, -0.15) is 5.10 Å². The van der Waals surface area contributed by atoms with Gasteiger partial charge in [0.15, 0.2) is 17.5 Å². The molecule has 1 aromatic heterocycles. The van der Waals surface area contributed by atoms with Gasteiger partial charge in [-0.25, -0.2) is 17.9 Å². The summed E-state index contributed by atoms with van der Waals surface area (Å²) < 4.78 is 41.6. The van der Waals surface area contributed by atoms with Crippen molar-refractivity contribution in [3.05, 3.63) is 47.0 Å². The molecule has 6 heteroatoms. The smallest absolute Gasteiger partial charge is 0.161 e. The topological polar surface area (TPSA) is 29.9 Å². The second-order valence-electron chi connectivity index (χ2n) is 4.78. The summed E-state index contributed by atoms with van der Waals surface area (Å²) in [4.78, 5) is 0. The van der Waals surface area contributed by atoms with Crippen LogP contribution in [0.15, 0.2) is 18.3 Å². The van der Waals surface area contributed by atoms with E-state index in [4.69, 9.17) is 0 Å². The Balaban J connectivity index is 2.38. The molecule has 21 heavy (non-hydrogen) atoms. The van der Waals surface area contributed by atoms with Crippen molar-refractivity contribution < 1.29 is 13.2 Å². The van der Waals surface area contributed by atoms with Gasteiger partial charge in [-0.1, -0.05) is 13.8 Å². The monoisotopic (exact) mass is 297 g/mol. The third-order valence-corrected chi connectivity index (χ3v) is 3.25. The summed E-state index contributed by atoms with van der Waals surface area (Å²) in [6.45, 7) is 5.46. The first-order valence-electron chi connectivity index (χ1n) is 6.99. The molecule has 0 aliphatic carbocycles. The Morgan fingerprint density at radius 3 is 2.48 bits per heavy atom. The lowest BCUT2D eigenvalue weighted by molar-refractivity contribution is 0.491. The summed E-state index contributed by atoms with van der Waals surface area (Å²) in [5.41, 5.74) is 1.63. The van der Waals surface area contributed by atoms with Crippen LogP contribution in [-0.2, 0) is 13.0 Å². The number of hydrogen-bond acceptors (Lipinski definition) is 2. The van der Waals surface area contributed by atoms with Crippen LogP contribution in [0, 0.1) is 17.5 Å². The van der Waals surface area contributed by atoms with Gasteiger partial charge in [-0.05, 0) is 19.4 Å². The predicted molar refractivity (Wildman–Crippen MR) is 74.8 cm³/mol. The standard InChI is InChI=1S/C15H18F3N3/c1-3-5-19-8-10-9-20-21(14(10)4-2)15-7-12(17)11(16)6-13(15)18/h6-7,9,19H,3-5,8H2,1-2H3. The lowest BCUT2D eigenvalue weighted by Crippen LogP contribution is -2.15. The molecule has 0 radical (unpaired) electrons. The molecule has 1 N–H and O–H groups in total. The molecule has 2 aromatic rings. The molecule has 0 aliphatic heterocycles. The van der Waals surface area contributed by atoms with Gasteiger partial charge in [0.2, 0.25) is 0 Å². The number of nitrogens with one attached hydrogen (secondary N) is 1. The van der Waals surface area contributed by atoms with Crippen LogP contribution in [0.4, 0.5) is 13.2 Å². The average Bonchev–Trinajstić information content (AvgIpc) is 2.86. The Bertz CT molecular complexity index is 623. The summed E-state index contributed by atoms with van der Waals surface area (Å²) in [5.74, 6) is -3.12. The van der Waals surface area contributed by atoms with E-state index < -0.39 is 17.5 Å². The Morgan fingerprint density at radius 1 is 1.10 bits per heavy atom. The van der Waals surface area contributed by atoms with E-state index in [9.17, 15) is 13.2 Å². The largest absolute Gasteiger partial charge is 0.313 e. The molecule has 114 valence electrons. The van der Waals surface area contributed by atoms with Gasteiger partial charge in [0.05, 0.1) is 6.20 Å². The molecular formula is C15H18F3N3. The van der Waals surface area contributed by atoms with E-state index in [1.165, 1.54) is 4.68 Å². The van der Waals surface area contributed by atoms with E-state index >= 15 is 0 Å². The maximum absolute atomic E-state index is 13.9. The number of benzene rings is 1. The number of halogens is 3. The minimum absolute atomic E-state index is 0.0764. The van der Waals surface area contributed by atoms with Gasteiger partial charge in [-0.3, -0.25) is 0 Å². The Morgan fingerprint density at radius 2 is 1.81 bits per heavy atom. The fourth-order valence-corrected chi connectivity index (χ4v) is 2.21. The van der Waals surface area contributed by atoms with E-state index in [-0.39, 0.29) is 5.69 Å². The molecule has 0 saturated carbocycles. The highest BCUT2D eigenvalue weighted by Gasteiger charge is 2.16. The van der Waals surface area contributed by atoms with Crippen molar-refractivity contribution in [2.45, 2.75) is 33.2 Å². The van der Waals surface area contributed by atoms with Crippen molar-refractivity contribution in [2.24, 2.45) is 0 Å². The second-order valence-corrected chi connectivity index (χ2v) is 4.78. The first kappa shape index (κ1) is 15.6. The number of nitrogens with zero attached hydrogens (tertiary/aromatic N) is 2. The first-order chi connectivity index (χ1) is 10.1. The van der Waals surface area contributed by atoms with Crippen molar-refractivity contribution in [1.29, 1.82) is 0 Å². The van der Waals surface area contributed by atoms with E-state index in [1.54, 1.807) is 6.20 Å². The highest BCUT2D eigenvalue weighted by Crippen LogP contribution is 2.21.